The molecule has 0 rings (SSSR count). The first-order valence-corrected chi connectivity index (χ1v) is 7.07. The molecule has 0 bridgehead atoms. The van der Waals surface area contributed by atoms with Gasteiger partial charge >= 0.3 is 0 Å². The first kappa shape index (κ1) is 21.6. The molecule has 20 heavy (non-hydrogen) atoms. The van der Waals surface area contributed by atoms with Gasteiger partial charge in [-0.25, -0.2) is 0 Å². The van der Waals surface area contributed by atoms with E-state index in [0.29, 0.717) is 0 Å². The molecule has 4 nitrogen and oxygen atoms in total. The van der Waals surface area contributed by atoms with Crippen molar-refractivity contribution in [2.24, 2.45) is 11.3 Å². The Balaban J connectivity index is 0. The van der Waals surface area contributed by atoms with Gasteiger partial charge in [0.25, 0.3) is 0 Å². The summed E-state index contributed by atoms with van der Waals surface area (Å²) in [4.78, 5) is 0. The fourth-order valence-corrected chi connectivity index (χ4v) is 1.44. The summed E-state index contributed by atoms with van der Waals surface area (Å²) in [7, 11) is 0. The minimum absolute atomic E-state index is 0.176. The molecule has 0 saturated carbocycles. The molecular formula is C16H32O4. The van der Waals surface area contributed by atoms with E-state index in [1.54, 1.807) is 6.08 Å². The Kier molecular flexibility index (Phi) is 13.1. The van der Waals surface area contributed by atoms with Crippen molar-refractivity contribution in [2.75, 3.05) is 13.2 Å². The van der Waals surface area contributed by atoms with Crippen molar-refractivity contribution in [3.63, 3.8) is 0 Å². The second kappa shape index (κ2) is 12.1. The van der Waals surface area contributed by atoms with Gasteiger partial charge < -0.3 is 20.4 Å². The number of hydrogen-bond acceptors (Lipinski definition) is 4. The van der Waals surface area contributed by atoms with E-state index in [2.05, 4.69) is 13.2 Å². The maximum atomic E-state index is 9.33. The Hall–Kier alpha value is -0.680. The highest BCUT2D eigenvalue weighted by atomic mass is 16.3. The normalized spacial score (nSPS) is 15.6. The number of unbranched alkanes of at least 4 members (excludes halogenated alkanes) is 1. The average Bonchev–Trinajstić information content (AvgIpc) is 2.41. The van der Waals surface area contributed by atoms with E-state index in [0.717, 1.165) is 19.3 Å². The summed E-state index contributed by atoms with van der Waals surface area (Å²) in [6.07, 6.45) is 4.27. The Morgan fingerprint density at radius 3 is 1.80 bits per heavy atom. The van der Waals surface area contributed by atoms with E-state index in [-0.39, 0.29) is 24.5 Å². The molecule has 120 valence electrons. The molecule has 0 aliphatic rings. The molecule has 0 amide bonds. The number of aliphatic hydroxyl groups is 4. The van der Waals surface area contributed by atoms with Crippen LogP contribution in [-0.4, -0.2) is 45.8 Å². The van der Waals surface area contributed by atoms with Gasteiger partial charge in [-0.3, -0.25) is 0 Å². The summed E-state index contributed by atoms with van der Waals surface area (Å²) >= 11 is 0. The molecule has 0 aromatic rings. The molecule has 0 aliphatic carbocycles. The minimum atomic E-state index is -0.819. The van der Waals surface area contributed by atoms with Crippen LogP contribution in [0, 0.1) is 11.3 Å². The van der Waals surface area contributed by atoms with Gasteiger partial charge in [0.2, 0.25) is 0 Å². The van der Waals surface area contributed by atoms with Crippen LogP contribution in [-0.2, 0) is 0 Å². The zero-order chi connectivity index (χ0) is 16.2. The summed E-state index contributed by atoms with van der Waals surface area (Å²) in [5.41, 5.74) is -0.284. The van der Waals surface area contributed by atoms with E-state index in [4.69, 9.17) is 15.3 Å². The highest BCUT2D eigenvalue weighted by Crippen LogP contribution is 2.21. The molecule has 4 N–H and O–H groups in total. The van der Waals surface area contributed by atoms with Crippen molar-refractivity contribution in [2.45, 2.75) is 52.2 Å². The van der Waals surface area contributed by atoms with Gasteiger partial charge in [-0.2, -0.15) is 0 Å². The van der Waals surface area contributed by atoms with Gasteiger partial charge in [-0.15, -0.1) is 13.2 Å². The van der Waals surface area contributed by atoms with E-state index in [1.165, 1.54) is 6.08 Å². The van der Waals surface area contributed by atoms with Gasteiger partial charge in [-0.1, -0.05) is 39.3 Å². The lowest BCUT2D eigenvalue weighted by Gasteiger charge is -2.28. The standard InChI is InChI=1S/2C8H16O2/c1-5-6(9)7(10)8(2,3)4;1-2-8(7-10)5-3-4-6-9/h5-7,9-10H,1H2,2-4H3;2,8-10H,1,3-7H2. The van der Waals surface area contributed by atoms with E-state index in [9.17, 15) is 5.11 Å². The van der Waals surface area contributed by atoms with Crippen molar-refractivity contribution < 1.29 is 20.4 Å². The molecule has 0 aliphatic heterocycles. The van der Waals surface area contributed by atoms with Crippen molar-refractivity contribution in [3.05, 3.63) is 25.3 Å². The second-order valence-corrected chi connectivity index (χ2v) is 5.93. The van der Waals surface area contributed by atoms with Crippen molar-refractivity contribution >= 4 is 0 Å². The molecule has 0 saturated heterocycles. The van der Waals surface area contributed by atoms with Crippen LogP contribution >= 0.6 is 0 Å². The lowest BCUT2D eigenvalue weighted by Crippen LogP contribution is -2.36. The van der Waals surface area contributed by atoms with E-state index >= 15 is 0 Å². The third kappa shape index (κ3) is 11.2. The third-order valence-corrected chi connectivity index (χ3v) is 3.00. The maximum Gasteiger partial charge on any atom is 0.0982 e. The molecule has 0 aromatic heterocycles. The summed E-state index contributed by atoms with van der Waals surface area (Å²) < 4.78 is 0. The molecule has 3 atom stereocenters. The summed E-state index contributed by atoms with van der Waals surface area (Å²) in [5.74, 6) is 0.214. The van der Waals surface area contributed by atoms with Crippen molar-refractivity contribution in [1.29, 1.82) is 0 Å². The molecular weight excluding hydrogens is 256 g/mol. The van der Waals surface area contributed by atoms with Crippen LogP contribution in [0.1, 0.15) is 40.0 Å². The monoisotopic (exact) mass is 288 g/mol. The Labute approximate surface area is 123 Å². The molecule has 0 aromatic carbocycles. The number of rotatable bonds is 8. The molecule has 3 unspecified atom stereocenters. The van der Waals surface area contributed by atoms with Crippen LogP contribution < -0.4 is 0 Å². The fraction of sp³-hybridized carbons (Fsp3) is 0.750. The smallest absolute Gasteiger partial charge is 0.0982 e. The van der Waals surface area contributed by atoms with Crippen LogP contribution in [0.25, 0.3) is 0 Å². The van der Waals surface area contributed by atoms with E-state index < -0.39 is 12.2 Å². The van der Waals surface area contributed by atoms with Gasteiger partial charge in [0.05, 0.1) is 12.2 Å². The quantitative estimate of drug-likeness (QED) is 0.406. The second-order valence-electron chi connectivity index (χ2n) is 5.93. The molecule has 0 fully saturated rings. The maximum absolute atomic E-state index is 9.33. The van der Waals surface area contributed by atoms with Gasteiger partial charge in [0.1, 0.15) is 0 Å². The molecule has 0 spiro atoms. The first-order valence-electron chi connectivity index (χ1n) is 7.07. The van der Waals surface area contributed by atoms with Gasteiger partial charge in [-0.05, 0) is 24.2 Å². The number of hydrogen-bond donors (Lipinski definition) is 4. The predicted molar refractivity (Wildman–Crippen MR) is 83.4 cm³/mol. The van der Waals surface area contributed by atoms with Crippen molar-refractivity contribution in [3.8, 4) is 0 Å². The van der Waals surface area contributed by atoms with Crippen LogP contribution in [0.15, 0.2) is 25.3 Å². The Morgan fingerprint density at radius 2 is 1.55 bits per heavy atom. The summed E-state index contributed by atoms with van der Waals surface area (Å²) in [6.45, 7) is 13.0. The largest absolute Gasteiger partial charge is 0.396 e. The van der Waals surface area contributed by atoms with Crippen LogP contribution in [0.4, 0.5) is 0 Å². The zero-order valence-electron chi connectivity index (χ0n) is 13.1. The Morgan fingerprint density at radius 1 is 1.00 bits per heavy atom. The lowest BCUT2D eigenvalue weighted by molar-refractivity contribution is -0.0216. The van der Waals surface area contributed by atoms with E-state index in [1.807, 2.05) is 20.8 Å². The third-order valence-electron chi connectivity index (χ3n) is 3.00. The van der Waals surface area contributed by atoms with Crippen LogP contribution in [0.2, 0.25) is 0 Å². The van der Waals surface area contributed by atoms with Crippen LogP contribution in [0.5, 0.6) is 0 Å². The predicted octanol–water partition coefficient (Wildman–Crippen LogP) is 1.88. The number of aliphatic hydroxyl groups excluding tert-OH is 4. The lowest BCUT2D eigenvalue weighted by atomic mass is 9.86. The highest BCUT2D eigenvalue weighted by Gasteiger charge is 2.26. The highest BCUT2D eigenvalue weighted by molar-refractivity contribution is 4.89. The summed E-state index contributed by atoms with van der Waals surface area (Å²) in [5, 5.41) is 35.6. The minimum Gasteiger partial charge on any atom is -0.396 e. The summed E-state index contributed by atoms with van der Waals surface area (Å²) in [6, 6.07) is 0. The van der Waals surface area contributed by atoms with Gasteiger partial charge in [0, 0.05) is 13.2 Å². The first-order chi connectivity index (χ1) is 9.24. The SMILES string of the molecule is C=CC(CO)CCCCO.C=CC(O)C(O)C(C)(C)C. The zero-order valence-corrected chi connectivity index (χ0v) is 13.1. The van der Waals surface area contributed by atoms with Crippen LogP contribution in [0.3, 0.4) is 0 Å². The van der Waals surface area contributed by atoms with Gasteiger partial charge in [0.15, 0.2) is 0 Å². The molecule has 0 radical (unpaired) electrons. The fourth-order valence-electron chi connectivity index (χ4n) is 1.44. The average molecular weight is 288 g/mol. The molecule has 4 heteroatoms. The van der Waals surface area contributed by atoms with Crippen molar-refractivity contribution in [1.82, 2.24) is 0 Å². The Bertz CT molecular complexity index is 245. The topological polar surface area (TPSA) is 80.9 Å². The molecule has 0 heterocycles.